The number of aryl methyl sites for hydroxylation is 6. The zero-order valence-corrected chi connectivity index (χ0v) is 37.1. The fraction of sp³-hybridized carbons (Fsp3) is 0.348. The molecule has 262 valence electrons. The summed E-state index contributed by atoms with van der Waals surface area (Å²) in [5, 5.41) is 5.56. The van der Waals surface area contributed by atoms with Crippen molar-refractivity contribution in [3.8, 4) is 22.3 Å². The van der Waals surface area contributed by atoms with Crippen LogP contribution in [0.4, 0.5) is 0 Å². The van der Waals surface area contributed by atoms with Gasteiger partial charge in [0.15, 0.2) is 0 Å². The van der Waals surface area contributed by atoms with Gasteiger partial charge in [-0.2, -0.15) is 12.1 Å². The first kappa shape index (κ1) is 42.2. The van der Waals surface area contributed by atoms with Crippen molar-refractivity contribution in [1.29, 1.82) is 0 Å². The van der Waals surface area contributed by atoms with Gasteiger partial charge in [0.2, 0.25) is 0 Å². The van der Waals surface area contributed by atoms with Gasteiger partial charge in [-0.05, 0) is 87.8 Å². The molecule has 0 saturated carbocycles. The van der Waals surface area contributed by atoms with Crippen LogP contribution in [0.15, 0.2) is 84.9 Å². The van der Waals surface area contributed by atoms with Crippen LogP contribution in [0.1, 0.15) is 84.0 Å². The van der Waals surface area contributed by atoms with Gasteiger partial charge in [-0.3, -0.25) is 0 Å². The van der Waals surface area contributed by atoms with E-state index in [1.54, 1.807) is 0 Å². The third-order valence-electron chi connectivity index (χ3n) is 9.46. The SMILES string of the molecule is CCCCc1cc2c(-c3cc(C)cc(C)c3C)cccc2[cH-]1.CCCCc1cc2c(-c3cc(C)cc(C)c3C)cccc2[cH-]1.C[Si]C.[Cl][Zr+2][Cl]. The van der Waals surface area contributed by atoms with Crippen LogP contribution in [0.3, 0.4) is 0 Å². The second kappa shape index (κ2) is 21.3. The number of unbranched alkanes of at least 4 members (excludes halogenated alkanes) is 2. The summed E-state index contributed by atoms with van der Waals surface area (Å²) < 4.78 is 0. The van der Waals surface area contributed by atoms with Gasteiger partial charge in [0.25, 0.3) is 0 Å². The molecule has 0 bridgehead atoms. The molecule has 0 aromatic heterocycles. The molecule has 0 heterocycles. The third kappa shape index (κ3) is 11.4. The van der Waals surface area contributed by atoms with Crippen LogP contribution in [0.2, 0.25) is 13.1 Å². The van der Waals surface area contributed by atoms with Crippen molar-refractivity contribution in [2.45, 2.75) is 107 Å². The summed E-state index contributed by atoms with van der Waals surface area (Å²) in [6.07, 6.45) is 7.44. The standard InChI is InChI=1S/2C22H25.C2H6Si.2ClH.Zr/c2*1-5-6-8-18-13-19-9-7-10-20(22(19)14-18)21-12-15(2)11-16(3)17(21)4;1-3-2;;;/h2*7,9-14H,5-6,8H2,1-4H3;1-2H3;2*1H;/q2*-1;;;;+4/p-2. The van der Waals surface area contributed by atoms with Gasteiger partial charge in [-0.1, -0.05) is 111 Å². The van der Waals surface area contributed by atoms with Crippen LogP contribution in [-0.2, 0) is 33.7 Å². The van der Waals surface area contributed by atoms with Gasteiger partial charge < -0.3 is 0 Å². The fourth-order valence-corrected chi connectivity index (χ4v) is 6.75. The average molecular weight is 799 g/mol. The Hall–Kier alpha value is -2.22. The van der Waals surface area contributed by atoms with Crippen LogP contribution in [0.5, 0.6) is 0 Å². The van der Waals surface area contributed by atoms with Gasteiger partial charge in [0.1, 0.15) is 0 Å². The first-order chi connectivity index (χ1) is 24.0. The molecule has 0 aliphatic rings. The summed E-state index contributed by atoms with van der Waals surface area (Å²) in [6, 6.07) is 32.2. The molecule has 0 nitrogen and oxygen atoms in total. The number of fused-ring (bicyclic) bond motifs is 2. The molecule has 6 rings (SSSR count). The molecule has 0 amide bonds. The van der Waals surface area contributed by atoms with E-state index in [4.69, 9.17) is 17.0 Å². The number of hydrogen-bond acceptors (Lipinski definition) is 0. The minimum atomic E-state index is -0.826. The Labute approximate surface area is 325 Å². The van der Waals surface area contributed by atoms with E-state index in [9.17, 15) is 0 Å². The summed E-state index contributed by atoms with van der Waals surface area (Å²) in [4.78, 5) is 0. The van der Waals surface area contributed by atoms with Gasteiger partial charge in [-0.15, -0.1) is 69.1 Å². The number of benzene rings is 4. The van der Waals surface area contributed by atoms with Crippen molar-refractivity contribution in [2.75, 3.05) is 0 Å². The van der Waals surface area contributed by atoms with Crippen LogP contribution in [-0.4, -0.2) is 9.52 Å². The van der Waals surface area contributed by atoms with Crippen LogP contribution in [0, 0.1) is 41.5 Å². The Balaban J connectivity index is 0.000000234. The maximum atomic E-state index is 4.93. The van der Waals surface area contributed by atoms with Crippen molar-refractivity contribution >= 4 is 48.1 Å². The Morgan fingerprint density at radius 3 is 1.26 bits per heavy atom. The second-order valence-electron chi connectivity index (χ2n) is 13.6. The van der Waals surface area contributed by atoms with E-state index in [1.807, 2.05) is 0 Å². The first-order valence-corrected chi connectivity index (χ1v) is 26.4. The Morgan fingerprint density at radius 2 is 0.920 bits per heavy atom. The monoisotopic (exact) mass is 796 g/mol. The summed E-state index contributed by atoms with van der Waals surface area (Å²) in [6.45, 7) is 22.1. The maximum absolute atomic E-state index is 4.93. The molecule has 0 aliphatic heterocycles. The van der Waals surface area contributed by atoms with E-state index >= 15 is 0 Å². The Kier molecular flexibility index (Phi) is 18.0. The molecule has 0 aliphatic carbocycles. The van der Waals surface area contributed by atoms with Crippen LogP contribution < -0.4 is 0 Å². The summed E-state index contributed by atoms with van der Waals surface area (Å²) in [5.41, 5.74) is 16.7. The molecule has 4 heteroatoms. The van der Waals surface area contributed by atoms with Gasteiger partial charge in [-0.25, -0.2) is 0 Å². The van der Waals surface area contributed by atoms with E-state index in [2.05, 4.69) is 153 Å². The zero-order chi connectivity index (χ0) is 36.8. The fourth-order valence-electron chi connectivity index (χ4n) is 6.75. The van der Waals surface area contributed by atoms with Gasteiger partial charge in [0.05, 0.1) is 0 Å². The molecule has 6 aromatic carbocycles. The molecule has 0 N–H and O–H groups in total. The predicted octanol–water partition coefficient (Wildman–Crippen LogP) is 15.2. The number of rotatable bonds is 8. The van der Waals surface area contributed by atoms with E-state index < -0.39 is 20.8 Å². The molecule has 0 saturated heterocycles. The summed E-state index contributed by atoms with van der Waals surface area (Å²) in [5.74, 6) is 0. The van der Waals surface area contributed by atoms with Crippen molar-refractivity contribution < 1.29 is 20.8 Å². The van der Waals surface area contributed by atoms with E-state index in [1.165, 1.54) is 127 Å². The molecular formula is C46H56Cl2SiZr. The third-order valence-corrected chi connectivity index (χ3v) is 9.46. The topological polar surface area (TPSA) is 0 Å². The average Bonchev–Trinajstić information content (AvgIpc) is 3.71. The summed E-state index contributed by atoms with van der Waals surface area (Å²) in [7, 11) is 11.0. The van der Waals surface area contributed by atoms with Crippen molar-refractivity contribution in [2.24, 2.45) is 0 Å². The number of halogens is 2. The molecule has 50 heavy (non-hydrogen) atoms. The van der Waals surface area contributed by atoms with Crippen molar-refractivity contribution in [3.63, 3.8) is 0 Å². The second-order valence-corrected chi connectivity index (χ2v) is 18.4. The van der Waals surface area contributed by atoms with E-state index in [0.717, 1.165) is 9.52 Å². The molecule has 0 unspecified atom stereocenters. The Bertz CT molecular complexity index is 1800. The van der Waals surface area contributed by atoms with E-state index in [-0.39, 0.29) is 0 Å². The first-order valence-electron chi connectivity index (χ1n) is 18.1. The molecular weight excluding hydrogens is 743 g/mol. The van der Waals surface area contributed by atoms with Crippen LogP contribution >= 0.6 is 17.0 Å². The normalized spacial score (nSPS) is 10.5. The van der Waals surface area contributed by atoms with Gasteiger partial charge >= 0.3 is 37.9 Å². The molecule has 0 atom stereocenters. The quantitative estimate of drug-likeness (QED) is 0.106. The minimum absolute atomic E-state index is 0.826. The van der Waals surface area contributed by atoms with Gasteiger partial charge in [0, 0.05) is 9.52 Å². The van der Waals surface area contributed by atoms with Crippen LogP contribution in [0.25, 0.3) is 43.8 Å². The van der Waals surface area contributed by atoms with Crippen molar-refractivity contribution in [3.05, 3.63) is 129 Å². The molecule has 0 spiro atoms. The van der Waals surface area contributed by atoms with E-state index in [0.29, 0.717) is 0 Å². The predicted molar refractivity (Wildman–Crippen MR) is 225 cm³/mol. The molecule has 6 aromatic rings. The molecule has 0 fully saturated rings. The molecule has 2 radical (unpaired) electrons. The van der Waals surface area contributed by atoms with Crippen molar-refractivity contribution in [1.82, 2.24) is 0 Å². The summed E-state index contributed by atoms with van der Waals surface area (Å²) >= 11 is -0.826. The number of hydrogen-bond donors (Lipinski definition) is 0. The zero-order valence-electron chi connectivity index (χ0n) is 32.1. The Morgan fingerprint density at radius 1 is 0.560 bits per heavy atom.